The molecule has 1 amide bonds. The Bertz CT molecular complexity index is 1140. The number of fused-ring (bicyclic) bond motifs is 1. The maximum atomic E-state index is 13.5. The van der Waals surface area contributed by atoms with Crippen LogP contribution in [0.1, 0.15) is 36.7 Å². The van der Waals surface area contributed by atoms with Gasteiger partial charge in [0, 0.05) is 29.6 Å². The molecular formula is C25H26N2O4. The summed E-state index contributed by atoms with van der Waals surface area (Å²) in [4.78, 5) is 30.8. The van der Waals surface area contributed by atoms with Crippen molar-refractivity contribution >= 4 is 22.8 Å². The third-order valence-corrected chi connectivity index (χ3v) is 5.14. The van der Waals surface area contributed by atoms with Gasteiger partial charge in [0.15, 0.2) is 5.54 Å². The summed E-state index contributed by atoms with van der Waals surface area (Å²) in [6, 6.07) is 17.0. The summed E-state index contributed by atoms with van der Waals surface area (Å²) in [7, 11) is 1.28. The van der Waals surface area contributed by atoms with Crippen molar-refractivity contribution in [3.8, 4) is 18.2 Å². The number of nitrogens with zero attached hydrogens (tertiary/aromatic N) is 1. The molecule has 1 heterocycles. The molecule has 0 aliphatic carbocycles. The second kappa shape index (κ2) is 8.97. The van der Waals surface area contributed by atoms with Gasteiger partial charge < -0.3 is 14.5 Å². The van der Waals surface area contributed by atoms with Crippen LogP contribution in [0.3, 0.4) is 0 Å². The molecule has 160 valence electrons. The molecule has 0 fully saturated rings. The van der Waals surface area contributed by atoms with Crippen molar-refractivity contribution in [2.24, 2.45) is 0 Å². The quantitative estimate of drug-likeness (QED) is 0.355. The number of nitrogens with one attached hydrogen (secondary N) is 1. The number of terminal acetylenes is 1. The number of para-hydroxylation sites is 2. The van der Waals surface area contributed by atoms with Gasteiger partial charge >= 0.3 is 5.97 Å². The predicted molar refractivity (Wildman–Crippen MR) is 120 cm³/mol. The van der Waals surface area contributed by atoms with Crippen molar-refractivity contribution in [1.82, 2.24) is 9.88 Å². The van der Waals surface area contributed by atoms with Crippen molar-refractivity contribution < 1.29 is 19.1 Å². The molecule has 0 aliphatic rings. The summed E-state index contributed by atoms with van der Waals surface area (Å²) in [6.07, 6.45) is 7.64. The fourth-order valence-electron chi connectivity index (χ4n) is 3.66. The van der Waals surface area contributed by atoms with E-state index in [9.17, 15) is 9.59 Å². The first kappa shape index (κ1) is 22.0. The third kappa shape index (κ3) is 4.26. The van der Waals surface area contributed by atoms with Crippen molar-refractivity contribution in [2.75, 3.05) is 7.11 Å². The van der Waals surface area contributed by atoms with Crippen molar-refractivity contribution in [1.29, 1.82) is 0 Å². The standard InChI is InChI=1S/C25H26N2O4/c1-6-27(23(28)20-12-8-10-14-22(20)31-17(2)3)25(4,24(29)30-5)15-18-16-26-21-13-9-7-11-19(18)21/h1,7-14,16-17,26H,15H2,2-5H3. The zero-order valence-corrected chi connectivity index (χ0v) is 18.1. The molecule has 1 aromatic heterocycles. The van der Waals surface area contributed by atoms with Gasteiger partial charge in [-0.1, -0.05) is 36.8 Å². The first-order chi connectivity index (χ1) is 14.8. The van der Waals surface area contributed by atoms with Crippen LogP contribution in [0.25, 0.3) is 10.9 Å². The van der Waals surface area contributed by atoms with E-state index in [2.05, 4.69) is 11.0 Å². The maximum Gasteiger partial charge on any atom is 0.332 e. The Kier molecular flexibility index (Phi) is 6.36. The van der Waals surface area contributed by atoms with Gasteiger partial charge in [0.05, 0.1) is 18.8 Å². The minimum Gasteiger partial charge on any atom is -0.490 e. The number of aromatic nitrogens is 1. The molecule has 0 saturated carbocycles. The number of aromatic amines is 1. The van der Waals surface area contributed by atoms with Gasteiger partial charge in [-0.15, -0.1) is 0 Å². The highest BCUT2D eigenvalue weighted by Crippen LogP contribution is 2.30. The van der Waals surface area contributed by atoms with Gasteiger partial charge in [0.1, 0.15) is 5.75 Å². The van der Waals surface area contributed by atoms with Crippen LogP contribution in [0.5, 0.6) is 5.75 Å². The zero-order chi connectivity index (χ0) is 22.6. The summed E-state index contributed by atoms with van der Waals surface area (Å²) in [6.45, 7) is 5.36. The Labute approximate surface area is 182 Å². The van der Waals surface area contributed by atoms with E-state index < -0.39 is 17.4 Å². The number of rotatable bonds is 7. The largest absolute Gasteiger partial charge is 0.490 e. The summed E-state index contributed by atoms with van der Waals surface area (Å²) in [5.41, 5.74) is 0.627. The van der Waals surface area contributed by atoms with Gasteiger partial charge in [-0.3, -0.25) is 4.79 Å². The Morgan fingerprint density at radius 2 is 1.84 bits per heavy atom. The first-order valence-electron chi connectivity index (χ1n) is 10.0. The summed E-state index contributed by atoms with van der Waals surface area (Å²) in [5.74, 6) is -0.708. The smallest absolute Gasteiger partial charge is 0.332 e. The summed E-state index contributed by atoms with van der Waals surface area (Å²) < 4.78 is 10.9. The van der Waals surface area contributed by atoms with Crippen molar-refractivity contribution in [3.63, 3.8) is 0 Å². The molecular weight excluding hydrogens is 392 g/mol. The first-order valence-corrected chi connectivity index (χ1v) is 10.0. The molecule has 1 N–H and O–H groups in total. The Balaban J connectivity index is 2.05. The van der Waals surface area contributed by atoms with Gasteiger partial charge in [-0.2, -0.15) is 0 Å². The molecule has 0 spiro atoms. The van der Waals surface area contributed by atoms with E-state index in [1.807, 2.05) is 44.3 Å². The zero-order valence-electron chi connectivity index (χ0n) is 18.1. The molecule has 1 atom stereocenters. The van der Waals surface area contributed by atoms with Gasteiger partial charge in [-0.25, -0.2) is 9.69 Å². The average molecular weight is 418 g/mol. The monoisotopic (exact) mass is 418 g/mol. The third-order valence-electron chi connectivity index (χ3n) is 5.14. The second-order valence-electron chi connectivity index (χ2n) is 7.73. The lowest BCUT2D eigenvalue weighted by Crippen LogP contribution is -2.55. The van der Waals surface area contributed by atoms with Crippen LogP contribution in [-0.2, 0) is 16.0 Å². The van der Waals surface area contributed by atoms with Gasteiger partial charge in [0.25, 0.3) is 5.91 Å². The second-order valence-corrected chi connectivity index (χ2v) is 7.73. The molecule has 0 saturated heterocycles. The van der Waals surface area contributed by atoms with E-state index in [1.54, 1.807) is 31.2 Å². The molecule has 1 unspecified atom stereocenters. The fourth-order valence-corrected chi connectivity index (χ4v) is 3.66. The van der Waals surface area contributed by atoms with E-state index in [0.29, 0.717) is 5.75 Å². The average Bonchev–Trinajstić information content (AvgIpc) is 3.16. The molecule has 0 radical (unpaired) electrons. The number of H-pyrrole nitrogens is 1. The van der Waals surface area contributed by atoms with Crippen LogP contribution in [0.4, 0.5) is 0 Å². The highest BCUT2D eigenvalue weighted by atomic mass is 16.5. The number of amides is 1. The molecule has 6 heteroatoms. The van der Waals surface area contributed by atoms with E-state index in [1.165, 1.54) is 7.11 Å². The SMILES string of the molecule is C#CN(C(=O)c1ccccc1OC(C)C)C(C)(Cc1c[nH]c2ccccc12)C(=O)OC. The highest BCUT2D eigenvalue weighted by Gasteiger charge is 2.44. The predicted octanol–water partition coefficient (Wildman–Crippen LogP) is 4.16. The molecule has 0 aliphatic heterocycles. The van der Waals surface area contributed by atoms with Crippen molar-refractivity contribution in [3.05, 3.63) is 65.9 Å². The highest BCUT2D eigenvalue weighted by molar-refractivity contribution is 6.01. The molecule has 3 aromatic rings. The number of ether oxygens (including phenoxy) is 2. The number of benzene rings is 2. The maximum absolute atomic E-state index is 13.5. The Morgan fingerprint density at radius 3 is 2.52 bits per heavy atom. The van der Waals surface area contributed by atoms with Crippen LogP contribution in [0, 0.1) is 12.5 Å². The van der Waals surface area contributed by atoms with Crippen LogP contribution >= 0.6 is 0 Å². The van der Waals surface area contributed by atoms with Crippen molar-refractivity contribution in [2.45, 2.75) is 38.8 Å². The topological polar surface area (TPSA) is 71.6 Å². The molecule has 31 heavy (non-hydrogen) atoms. The van der Waals surface area contributed by atoms with Gasteiger partial charge in [-0.05, 0) is 44.5 Å². The minimum atomic E-state index is -1.43. The normalized spacial score (nSPS) is 12.8. The van der Waals surface area contributed by atoms with Crippen LogP contribution in [0.2, 0.25) is 0 Å². The van der Waals surface area contributed by atoms with E-state index >= 15 is 0 Å². The van der Waals surface area contributed by atoms with Crippen LogP contribution < -0.4 is 4.74 Å². The van der Waals surface area contributed by atoms with E-state index in [0.717, 1.165) is 21.4 Å². The molecule has 3 rings (SSSR count). The molecule has 0 bridgehead atoms. The molecule has 6 nitrogen and oxygen atoms in total. The lowest BCUT2D eigenvalue weighted by atomic mass is 9.90. The van der Waals surface area contributed by atoms with Crippen LogP contribution in [-0.4, -0.2) is 40.5 Å². The number of hydrogen-bond acceptors (Lipinski definition) is 4. The Morgan fingerprint density at radius 1 is 1.16 bits per heavy atom. The summed E-state index contributed by atoms with van der Waals surface area (Å²) >= 11 is 0. The number of carbonyl (C=O) groups excluding carboxylic acids is 2. The minimum absolute atomic E-state index is 0.133. The fraction of sp³-hybridized carbons (Fsp3) is 0.280. The number of esters is 1. The molecule has 2 aromatic carbocycles. The Hall–Kier alpha value is -3.72. The van der Waals surface area contributed by atoms with Gasteiger partial charge in [0.2, 0.25) is 0 Å². The number of carbonyl (C=O) groups is 2. The number of methoxy groups -OCH3 is 1. The van der Waals surface area contributed by atoms with E-state index in [-0.39, 0.29) is 18.1 Å². The lowest BCUT2D eigenvalue weighted by Gasteiger charge is -2.35. The van der Waals surface area contributed by atoms with Crippen LogP contribution in [0.15, 0.2) is 54.7 Å². The lowest BCUT2D eigenvalue weighted by molar-refractivity contribution is -0.151. The van der Waals surface area contributed by atoms with E-state index in [4.69, 9.17) is 15.9 Å². The number of hydrogen-bond donors (Lipinski definition) is 1. The summed E-state index contributed by atoms with van der Waals surface area (Å²) in [5, 5.41) is 0.950.